The average molecular weight is 326 g/mol. The number of aliphatic imine (C=N–C) groups is 1. The van der Waals surface area contributed by atoms with Crippen LogP contribution in [0, 0.1) is 18.3 Å². The Labute approximate surface area is 138 Å². The Balaban J connectivity index is 2.00. The summed E-state index contributed by atoms with van der Waals surface area (Å²) in [7, 11) is 1.80. The maximum Gasteiger partial charge on any atom is 0.363 e. The van der Waals surface area contributed by atoms with Gasteiger partial charge in [0.2, 0.25) is 5.90 Å². The Hall–Kier alpha value is -2.84. The molecular weight excluding hydrogens is 314 g/mol. The lowest BCUT2D eigenvalue weighted by Crippen LogP contribution is -2.05. The minimum Gasteiger partial charge on any atom is -0.402 e. The van der Waals surface area contributed by atoms with E-state index >= 15 is 0 Å². The van der Waals surface area contributed by atoms with Crippen molar-refractivity contribution in [2.24, 2.45) is 12.0 Å². The van der Waals surface area contributed by atoms with Crippen molar-refractivity contribution in [2.75, 3.05) is 0 Å². The van der Waals surface area contributed by atoms with Gasteiger partial charge in [0, 0.05) is 23.3 Å². The van der Waals surface area contributed by atoms with Crippen LogP contribution in [0.3, 0.4) is 0 Å². The molecule has 3 rings (SSSR count). The van der Waals surface area contributed by atoms with Gasteiger partial charge in [-0.1, -0.05) is 17.7 Å². The molecule has 2 heterocycles. The highest BCUT2D eigenvalue weighted by Crippen LogP contribution is 2.23. The van der Waals surface area contributed by atoms with Crippen molar-refractivity contribution in [3.8, 4) is 6.07 Å². The molecular formula is C17H12ClN3O2. The van der Waals surface area contributed by atoms with Crippen LogP contribution in [0.5, 0.6) is 0 Å². The molecule has 6 heteroatoms. The molecule has 0 saturated heterocycles. The second-order valence-corrected chi connectivity index (χ2v) is 5.52. The number of aromatic nitrogens is 1. The van der Waals surface area contributed by atoms with Crippen LogP contribution in [0.1, 0.15) is 22.5 Å². The molecule has 1 aromatic heterocycles. The summed E-state index contributed by atoms with van der Waals surface area (Å²) >= 11 is 5.94. The van der Waals surface area contributed by atoms with Crippen LogP contribution >= 0.6 is 11.6 Å². The highest BCUT2D eigenvalue weighted by Gasteiger charge is 2.24. The van der Waals surface area contributed by atoms with Gasteiger partial charge in [0.05, 0.1) is 0 Å². The first kappa shape index (κ1) is 15.1. The van der Waals surface area contributed by atoms with Gasteiger partial charge < -0.3 is 9.30 Å². The first-order valence-corrected chi connectivity index (χ1v) is 7.22. The maximum absolute atomic E-state index is 12.0. The number of hydrogen-bond acceptors (Lipinski definition) is 4. The Kier molecular flexibility index (Phi) is 3.77. The van der Waals surface area contributed by atoms with Crippen molar-refractivity contribution in [1.82, 2.24) is 4.57 Å². The number of rotatable bonds is 2. The molecule has 0 unspecified atom stereocenters. The highest BCUT2D eigenvalue weighted by molar-refractivity contribution is 6.31. The smallest absolute Gasteiger partial charge is 0.363 e. The van der Waals surface area contributed by atoms with E-state index in [0.717, 1.165) is 11.3 Å². The van der Waals surface area contributed by atoms with Crippen molar-refractivity contribution in [3.63, 3.8) is 0 Å². The third-order valence-electron chi connectivity index (χ3n) is 3.67. The van der Waals surface area contributed by atoms with Crippen LogP contribution in [0.15, 0.2) is 41.0 Å². The largest absolute Gasteiger partial charge is 0.402 e. The second kappa shape index (κ2) is 5.75. The zero-order chi connectivity index (χ0) is 16.6. The predicted molar refractivity (Wildman–Crippen MR) is 86.9 cm³/mol. The fraction of sp³-hybridized carbons (Fsp3) is 0.118. The van der Waals surface area contributed by atoms with Crippen LogP contribution in [0.25, 0.3) is 6.08 Å². The third-order valence-corrected chi connectivity index (χ3v) is 3.91. The van der Waals surface area contributed by atoms with Crippen molar-refractivity contribution in [1.29, 1.82) is 5.26 Å². The number of carbonyl (C=O) groups excluding carboxylic acids is 1. The number of cyclic esters (lactones) is 1. The number of esters is 1. The molecule has 0 bridgehead atoms. The van der Waals surface area contributed by atoms with E-state index in [-0.39, 0.29) is 11.6 Å². The van der Waals surface area contributed by atoms with Crippen LogP contribution in [-0.4, -0.2) is 16.4 Å². The number of nitrogens with zero attached hydrogens (tertiary/aromatic N) is 3. The van der Waals surface area contributed by atoms with Crippen molar-refractivity contribution in [2.45, 2.75) is 6.92 Å². The van der Waals surface area contributed by atoms with Gasteiger partial charge in [-0.2, -0.15) is 5.26 Å². The first-order chi connectivity index (χ1) is 11.0. The summed E-state index contributed by atoms with van der Waals surface area (Å²) in [6.45, 7) is 1.87. The Morgan fingerprint density at radius 3 is 2.83 bits per heavy atom. The Morgan fingerprint density at radius 2 is 2.17 bits per heavy atom. The first-order valence-electron chi connectivity index (χ1n) is 6.84. The van der Waals surface area contributed by atoms with E-state index in [4.69, 9.17) is 21.6 Å². The van der Waals surface area contributed by atoms with E-state index in [0.29, 0.717) is 16.3 Å². The van der Waals surface area contributed by atoms with Crippen LogP contribution in [-0.2, 0) is 16.6 Å². The summed E-state index contributed by atoms with van der Waals surface area (Å²) in [6.07, 6.45) is 1.62. The Morgan fingerprint density at radius 1 is 1.39 bits per heavy atom. The van der Waals surface area contributed by atoms with E-state index in [1.54, 1.807) is 48.0 Å². The van der Waals surface area contributed by atoms with E-state index in [9.17, 15) is 4.79 Å². The number of carbonyl (C=O) groups is 1. The molecule has 1 aliphatic rings. The standard InChI is InChI=1S/C17H12ClN3O2/c1-10-12(7-14(9-19)21(10)2)8-15-17(22)23-16(20-15)11-4-3-5-13(18)6-11/h3-8H,1-2H3/b15-8+. The maximum atomic E-state index is 12.0. The molecule has 114 valence electrons. The lowest BCUT2D eigenvalue weighted by molar-refractivity contribution is -0.129. The minimum atomic E-state index is -0.526. The van der Waals surface area contributed by atoms with Crippen molar-refractivity contribution >= 4 is 29.5 Å². The summed E-state index contributed by atoms with van der Waals surface area (Å²) in [6, 6.07) is 10.7. The number of halogens is 1. The molecule has 0 atom stereocenters. The summed E-state index contributed by atoms with van der Waals surface area (Å²) in [4.78, 5) is 16.2. The fourth-order valence-electron chi connectivity index (χ4n) is 2.28. The van der Waals surface area contributed by atoms with Crippen molar-refractivity contribution in [3.05, 3.63) is 63.6 Å². The van der Waals surface area contributed by atoms with Crippen LogP contribution < -0.4 is 0 Å². The van der Waals surface area contributed by atoms with Gasteiger partial charge in [0.1, 0.15) is 11.8 Å². The molecule has 0 radical (unpaired) electrons. The van der Waals surface area contributed by atoms with Gasteiger partial charge >= 0.3 is 5.97 Å². The molecule has 0 aliphatic carbocycles. The molecule has 1 aliphatic heterocycles. The predicted octanol–water partition coefficient (Wildman–Crippen LogP) is 3.20. The molecule has 2 aromatic rings. The average Bonchev–Trinajstić information content (AvgIpc) is 3.03. The quantitative estimate of drug-likeness (QED) is 0.629. The SMILES string of the molecule is Cc1c(/C=C2/N=C(c3cccc(Cl)c3)OC2=O)cc(C#N)n1C. The molecule has 5 nitrogen and oxygen atoms in total. The third kappa shape index (κ3) is 2.77. The van der Waals surface area contributed by atoms with Gasteiger partial charge in [-0.05, 0) is 42.8 Å². The van der Waals surface area contributed by atoms with E-state index in [1.807, 2.05) is 6.92 Å². The van der Waals surface area contributed by atoms with Gasteiger partial charge in [-0.3, -0.25) is 0 Å². The monoisotopic (exact) mass is 325 g/mol. The molecule has 0 amide bonds. The summed E-state index contributed by atoms with van der Waals surface area (Å²) in [5.74, 6) is -0.306. The Bertz CT molecular complexity index is 916. The zero-order valence-corrected chi connectivity index (χ0v) is 13.3. The lowest BCUT2D eigenvalue weighted by atomic mass is 10.2. The normalized spacial score (nSPS) is 15.5. The second-order valence-electron chi connectivity index (χ2n) is 5.09. The fourth-order valence-corrected chi connectivity index (χ4v) is 2.47. The number of ether oxygens (including phenoxy) is 1. The highest BCUT2D eigenvalue weighted by atomic mass is 35.5. The lowest BCUT2D eigenvalue weighted by Gasteiger charge is -1.99. The van der Waals surface area contributed by atoms with Crippen molar-refractivity contribution < 1.29 is 9.53 Å². The van der Waals surface area contributed by atoms with Gasteiger partial charge in [0.25, 0.3) is 0 Å². The molecule has 23 heavy (non-hydrogen) atoms. The number of nitriles is 1. The summed E-state index contributed by atoms with van der Waals surface area (Å²) in [5, 5.41) is 9.60. The topological polar surface area (TPSA) is 67.4 Å². The molecule has 1 aromatic carbocycles. The molecule has 0 spiro atoms. The molecule has 0 fully saturated rings. The van der Waals surface area contributed by atoms with E-state index in [1.165, 1.54) is 0 Å². The van der Waals surface area contributed by atoms with Crippen LogP contribution in [0.2, 0.25) is 5.02 Å². The number of hydrogen-bond donors (Lipinski definition) is 0. The number of benzene rings is 1. The van der Waals surface area contributed by atoms with E-state index in [2.05, 4.69) is 11.1 Å². The van der Waals surface area contributed by atoms with Gasteiger partial charge in [0.15, 0.2) is 5.70 Å². The molecule has 0 N–H and O–H groups in total. The summed E-state index contributed by atoms with van der Waals surface area (Å²) < 4.78 is 6.96. The minimum absolute atomic E-state index is 0.193. The summed E-state index contributed by atoms with van der Waals surface area (Å²) in [5.41, 5.74) is 2.97. The van der Waals surface area contributed by atoms with Gasteiger partial charge in [-0.15, -0.1) is 0 Å². The van der Waals surface area contributed by atoms with Gasteiger partial charge in [-0.25, -0.2) is 9.79 Å². The van der Waals surface area contributed by atoms with Crippen LogP contribution in [0.4, 0.5) is 0 Å². The molecule has 0 saturated carbocycles. The van der Waals surface area contributed by atoms with E-state index < -0.39 is 5.97 Å². The zero-order valence-electron chi connectivity index (χ0n) is 12.5.